The number of nitrogens with one attached hydrogen (secondary N) is 1. The Bertz CT molecular complexity index is 1210. The lowest BCUT2D eigenvalue weighted by Gasteiger charge is -2.13. The SMILES string of the molecule is N/C(=N\O)c1ccc(Nc2ncc3cnn([C@H]4CCc5ccccc54)c3n2)cc1. The minimum absolute atomic E-state index is 0.0648. The highest BCUT2D eigenvalue weighted by Gasteiger charge is 2.26. The smallest absolute Gasteiger partial charge is 0.229 e. The van der Waals surface area contributed by atoms with Crippen LogP contribution in [0.3, 0.4) is 0 Å². The minimum atomic E-state index is 0.0648. The molecule has 5 rings (SSSR count). The van der Waals surface area contributed by atoms with E-state index in [1.807, 2.05) is 23.0 Å². The Kier molecular flexibility index (Phi) is 4.09. The summed E-state index contributed by atoms with van der Waals surface area (Å²) in [6, 6.07) is 15.9. The van der Waals surface area contributed by atoms with Crippen molar-refractivity contribution in [3.63, 3.8) is 0 Å². The van der Waals surface area contributed by atoms with E-state index in [0.29, 0.717) is 11.5 Å². The molecule has 2 aromatic heterocycles. The second-order valence-electron chi connectivity index (χ2n) is 7.00. The Morgan fingerprint density at radius 3 is 2.79 bits per heavy atom. The topological polar surface area (TPSA) is 114 Å². The molecule has 29 heavy (non-hydrogen) atoms. The van der Waals surface area contributed by atoms with Gasteiger partial charge < -0.3 is 16.3 Å². The maximum absolute atomic E-state index is 8.77. The monoisotopic (exact) mass is 385 g/mol. The molecule has 0 radical (unpaired) electrons. The largest absolute Gasteiger partial charge is 0.409 e. The van der Waals surface area contributed by atoms with Gasteiger partial charge in [-0.2, -0.15) is 10.1 Å². The number of aryl methyl sites for hydroxylation is 1. The van der Waals surface area contributed by atoms with E-state index in [2.05, 4.69) is 44.8 Å². The summed E-state index contributed by atoms with van der Waals surface area (Å²) in [6.45, 7) is 0. The number of benzene rings is 2. The van der Waals surface area contributed by atoms with Gasteiger partial charge in [0.15, 0.2) is 11.5 Å². The average Bonchev–Trinajstić information content (AvgIpc) is 3.37. The van der Waals surface area contributed by atoms with Gasteiger partial charge >= 0.3 is 0 Å². The van der Waals surface area contributed by atoms with Gasteiger partial charge in [-0.05, 0) is 48.2 Å². The maximum atomic E-state index is 8.77. The fourth-order valence-corrected chi connectivity index (χ4v) is 3.82. The number of aromatic nitrogens is 4. The molecule has 0 aliphatic heterocycles. The molecule has 2 aromatic carbocycles. The molecule has 144 valence electrons. The van der Waals surface area contributed by atoms with Crippen molar-refractivity contribution in [1.29, 1.82) is 0 Å². The lowest BCUT2D eigenvalue weighted by Crippen LogP contribution is -2.12. The molecule has 8 heteroatoms. The summed E-state index contributed by atoms with van der Waals surface area (Å²) in [7, 11) is 0. The maximum Gasteiger partial charge on any atom is 0.229 e. The van der Waals surface area contributed by atoms with E-state index in [0.717, 1.165) is 29.6 Å². The van der Waals surface area contributed by atoms with E-state index in [1.54, 1.807) is 18.3 Å². The molecule has 4 aromatic rings. The van der Waals surface area contributed by atoms with Crippen molar-refractivity contribution < 1.29 is 5.21 Å². The molecule has 8 nitrogen and oxygen atoms in total. The lowest BCUT2D eigenvalue weighted by molar-refractivity contribution is 0.318. The summed E-state index contributed by atoms with van der Waals surface area (Å²) in [5.74, 6) is 0.553. The normalized spacial score (nSPS) is 16.1. The van der Waals surface area contributed by atoms with Gasteiger partial charge in [0.05, 0.1) is 17.6 Å². The van der Waals surface area contributed by atoms with Gasteiger partial charge in [0.25, 0.3) is 0 Å². The Hall–Kier alpha value is -3.94. The van der Waals surface area contributed by atoms with Crippen LogP contribution in [0.2, 0.25) is 0 Å². The molecule has 0 amide bonds. The van der Waals surface area contributed by atoms with Gasteiger partial charge in [0.1, 0.15) is 0 Å². The van der Waals surface area contributed by atoms with Crippen LogP contribution >= 0.6 is 0 Å². The Morgan fingerprint density at radius 1 is 1.14 bits per heavy atom. The first-order chi connectivity index (χ1) is 14.2. The zero-order valence-electron chi connectivity index (χ0n) is 15.5. The third-order valence-corrected chi connectivity index (χ3v) is 5.28. The van der Waals surface area contributed by atoms with Crippen molar-refractivity contribution in [1.82, 2.24) is 19.7 Å². The molecule has 0 fully saturated rings. The number of nitrogens with zero attached hydrogens (tertiary/aromatic N) is 5. The first-order valence-corrected chi connectivity index (χ1v) is 9.36. The van der Waals surface area contributed by atoms with E-state index in [9.17, 15) is 0 Å². The van der Waals surface area contributed by atoms with Gasteiger partial charge in [-0.15, -0.1) is 0 Å². The summed E-state index contributed by atoms with van der Waals surface area (Å²) >= 11 is 0. The summed E-state index contributed by atoms with van der Waals surface area (Å²) in [6.07, 6.45) is 5.65. The van der Waals surface area contributed by atoms with Crippen LogP contribution in [0.15, 0.2) is 66.1 Å². The van der Waals surface area contributed by atoms with E-state index in [4.69, 9.17) is 15.9 Å². The van der Waals surface area contributed by atoms with Crippen LogP contribution in [-0.4, -0.2) is 30.8 Å². The zero-order chi connectivity index (χ0) is 19.8. The van der Waals surface area contributed by atoms with Crippen molar-refractivity contribution in [3.8, 4) is 0 Å². The van der Waals surface area contributed by atoms with Crippen LogP contribution in [0.5, 0.6) is 0 Å². The van der Waals surface area contributed by atoms with Crippen molar-refractivity contribution in [3.05, 3.63) is 77.6 Å². The number of nitrogens with two attached hydrogens (primary N) is 1. The number of anilines is 2. The van der Waals surface area contributed by atoms with Crippen LogP contribution < -0.4 is 11.1 Å². The highest BCUT2D eigenvalue weighted by atomic mass is 16.4. The fraction of sp³-hybridized carbons (Fsp3) is 0.143. The number of hydrogen-bond acceptors (Lipinski definition) is 6. The van der Waals surface area contributed by atoms with Gasteiger partial charge in [0, 0.05) is 17.4 Å². The first-order valence-electron chi connectivity index (χ1n) is 9.36. The second-order valence-corrected chi connectivity index (χ2v) is 7.00. The molecule has 0 saturated heterocycles. The number of hydrogen-bond donors (Lipinski definition) is 3. The van der Waals surface area contributed by atoms with Crippen molar-refractivity contribution in [2.24, 2.45) is 10.9 Å². The predicted molar refractivity (Wildman–Crippen MR) is 110 cm³/mol. The third kappa shape index (κ3) is 3.04. The van der Waals surface area contributed by atoms with Crippen LogP contribution in [-0.2, 0) is 6.42 Å². The van der Waals surface area contributed by atoms with Gasteiger partial charge in [-0.3, -0.25) is 0 Å². The highest BCUT2D eigenvalue weighted by molar-refractivity contribution is 5.97. The Morgan fingerprint density at radius 2 is 1.97 bits per heavy atom. The zero-order valence-corrected chi connectivity index (χ0v) is 15.5. The number of rotatable bonds is 4. The fourth-order valence-electron chi connectivity index (χ4n) is 3.82. The minimum Gasteiger partial charge on any atom is -0.409 e. The molecule has 0 unspecified atom stereocenters. The predicted octanol–water partition coefficient (Wildman–Crippen LogP) is 3.20. The standard InChI is InChI=1S/C21H19N7O/c22-19(27-29)14-5-8-16(9-6-14)25-21-23-11-15-12-24-28(20(15)26-21)18-10-7-13-3-1-2-4-17(13)18/h1-6,8-9,11-12,18,29H,7,10H2,(H2,22,27)(H,23,25,26)/t18-/m0/s1. The van der Waals surface area contributed by atoms with Gasteiger partial charge in [0.2, 0.25) is 5.95 Å². The lowest BCUT2D eigenvalue weighted by atomic mass is 10.1. The number of amidine groups is 1. The van der Waals surface area contributed by atoms with Crippen LogP contribution in [0.25, 0.3) is 11.0 Å². The molecule has 0 spiro atoms. The molecule has 4 N–H and O–H groups in total. The second kappa shape index (κ2) is 6.90. The highest BCUT2D eigenvalue weighted by Crippen LogP contribution is 2.35. The Balaban J connectivity index is 1.46. The first kappa shape index (κ1) is 17.2. The molecule has 2 heterocycles. The van der Waals surface area contributed by atoms with Crippen molar-refractivity contribution >= 4 is 28.5 Å². The molecular formula is C21H19N7O. The number of fused-ring (bicyclic) bond motifs is 2. The van der Waals surface area contributed by atoms with E-state index in [-0.39, 0.29) is 11.9 Å². The summed E-state index contributed by atoms with van der Waals surface area (Å²) < 4.78 is 2.00. The average molecular weight is 385 g/mol. The van der Waals surface area contributed by atoms with Crippen molar-refractivity contribution in [2.45, 2.75) is 18.9 Å². The third-order valence-electron chi connectivity index (χ3n) is 5.28. The molecule has 1 aliphatic carbocycles. The van der Waals surface area contributed by atoms with E-state index >= 15 is 0 Å². The number of oxime groups is 1. The quantitative estimate of drug-likeness (QED) is 0.215. The van der Waals surface area contributed by atoms with Crippen LogP contribution in [0, 0.1) is 0 Å². The molecule has 1 aliphatic rings. The molecule has 0 bridgehead atoms. The molecule has 0 saturated carbocycles. The molecular weight excluding hydrogens is 366 g/mol. The van der Waals surface area contributed by atoms with Crippen LogP contribution in [0.1, 0.15) is 29.2 Å². The van der Waals surface area contributed by atoms with Gasteiger partial charge in [-0.25, -0.2) is 9.67 Å². The van der Waals surface area contributed by atoms with Gasteiger partial charge in [-0.1, -0.05) is 29.4 Å². The molecule has 1 atom stereocenters. The van der Waals surface area contributed by atoms with E-state index < -0.39 is 0 Å². The Labute approximate surface area is 166 Å². The summed E-state index contributed by atoms with van der Waals surface area (Å²) in [5, 5.41) is 20.5. The summed E-state index contributed by atoms with van der Waals surface area (Å²) in [4.78, 5) is 9.11. The van der Waals surface area contributed by atoms with Crippen molar-refractivity contribution in [2.75, 3.05) is 5.32 Å². The summed E-state index contributed by atoms with van der Waals surface area (Å²) in [5.41, 5.74) is 10.5. The van der Waals surface area contributed by atoms with Crippen LogP contribution in [0.4, 0.5) is 11.6 Å². The van der Waals surface area contributed by atoms with E-state index in [1.165, 1.54) is 11.1 Å².